The van der Waals surface area contributed by atoms with Crippen molar-refractivity contribution in [3.05, 3.63) is 17.3 Å². The molecule has 0 unspecified atom stereocenters. The van der Waals surface area contributed by atoms with E-state index in [9.17, 15) is 4.79 Å². The number of likely N-dealkylation sites (tertiary alicyclic amines) is 2. The molecule has 0 aliphatic carbocycles. The molecule has 0 aromatic carbocycles. The van der Waals surface area contributed by atoms with Gasteiger partial charge < -0.3 is 20.4 Å². The second-order valence-electron chi connectivity index (χ2n) is 9.06. The number of aryl methyl sites for hydroxylation is 2. The summed E-state index contributed by atoms with van der Waals surface area (Å²) in [4.78, 5) is 25.6. The first-order valence-corrected chi connectivity index (χ1v) is 12.1. The third-order valence-corrected chi connectivity index (χ3v) is 6.57. The number of guanidine groups is 1. The Morgan fingerprint density at radius 1 is 1.12 bits per heavy atom. The number of carbonyl (C=O) groups excluding carboxylic acids is 1. The van der Waals surface area contributed by atoms with Gasteiger partial charge in [-0.15, -0.1) is 0 Å². The van der Waals surface area contributed by atoms with E-state index in [0.29, 0.717) is 18.5 Å². The van der Waals surface area contributed by atoms with Crippen LogP contribution in [0.15, 0.2) is 9.41 Å². The fourth-order valence-corrected chi connectivity index (χ4v) is 4.38. The number of rotatable bonds is 8. The van der Waals surface area contributed by atoms with E-state index in [1.165, 1.54) is 0 Å². The Morgan fingerprint density at radius 3 is 2.41 bits per heavy atom. The van der Waals surface area contributed by atoms with Crippen LogP contribution in [-0.4, -0.2) is 85.6 Å². The number of hydrogen-bond acceptors (Lipinski definition) is 6. The molecule has 0 saturated carbocycles. The zero-order valence-corrected chi connectivity index (χ0v) is 20.2. The van der Waals surface area contributed by atoms with Gasteiger partial charge in [0.05, 0.1) is 18.8 Å². The van der Waals surface area contributed by atoms with Gasteiger partial charge in [-0.1, -0.05) is 0 Å². The molecule has 9 nitrogen and oxygen atoms in total. The first-order chi connectivity index (χ1) is 15.5. The number of likely N-dealkylation sites (N-methyl/N-ethyl adjacent to an activating group) is 1. The van der Waals surface area contributed by atoms with Crippen LogP contribution < -0.4 is 16.0 Å². The van der Waals surface area contributed by atoms with Crippen LogP contribution >= 0.6 is 0 Å². The Morgan fingerprint density at radius 2 is 1.81 bits per heavy atom. The number of oxazole rings is 1. The fraction of sp³-hybridized carbons (Fsp3) is 0.783. The SMILES string of the molecule is CCNC(=NCC1CCN(Cc2nc(C)c(C)o2)CC1)NC1CCN(CC(=O)NC)CC1. The quantitative estimate of drug-likeness (QED) is 0.408. The Labute approximate surface area is 192 Å². The molecule has 0 spiro atoms. The van der Waals surface area contributed by atoms with E-state index >= 15 is 0 Å². The first-order valence-electron chi connectivity index (χ1n) is 12.1. The summed E-state index contributed by atoms with van der Waals surface area (Å²) in [6.45, 7) is 13.1. The summed E-state index contributed by atoms with van der Waals surface area (Å²) in [6, 6.07) is 0.406. The second-order valence-corrected chi connectivity index (χ2v) is 9.06. The van der Waals surface area contributed by atoms with Gasteiger partial charge in [0.15, 0.2) is 5.96 Å². The normalized spacial score (nSPS) is 19.8. The molecule has 3 N–H and O–H groups in total. The lowest BCUT2D eigenvalue weighted by Gasteiger charge is -2.33. The van der Waals surface area contributed by atoms with Crippen LogP contribution in [0.2, 0.25) is 0 Å². The third-order valence-electron chi connectivity index (χ3n) is 6.57. The zero-order chi connectivity index (χ0) is 22.9. The lowest BCUT2D eigenvalue weighted by atomic mass is 9.97. The van der Waals surface area contributed by atoms with Gasteiger partial charge in [0.2, 0.25) is 11.8 Å². The molecule has 9 heteroatoms. The van der Waals surface area contributed by atoms with Crippen molar-refractivity contribution in [2.75, 3.05) is 52.9 Å². The lowest BCUT2D eigenvalue weighted by molar-refractivity contribution is -0.122. The number of aliphatic imine (C=N–C) groups is 1. The highest BCUT2D eigenvalue weighted by Crippen LogP contribution is 2.20. The Balaban J connectivity index is 1.40. The third kappa shape index (κ3) is 7.48. The van der Waals surface area contributed by atoms with Gasteiger partial charge in [-0.05, 0) is 65.5 Å². The molecule has 0 atom stereocenters. The Bertz CT molecular complexity index is 728. The summed E-state index contributed by atoms with van der Waals surface area (Å²) in [7, 11) is 1.69. The molecule has 0 bridgehead atoms. The van der Waals surface area contributed by atoms with Gasteiger partial charge in [-0.2, -0.15) is 0 Å². The van der Waals surface area contributed by atoms with E-state index in [-0.39, 0.29) is 5.91 Å². The summed E-state index contributed by atoms with van der Waals surface area (Å²) in [5, 5.41) is 9.72. The van der Waals surface area contributed by atoms with Crippen molar-refractivity contribution in [1.29, 1.82) is 0 Å². The van der Waals surface area contributed by atoms with Crippen molar-refractivity contribution in [1.82, 2.24) is 30.7 Å². The predicted octanol–water partition coefficient (Wildman–Crippen LogP) is 1.27. The van der Waals surface area contributed by atoms with Crippen molar-refractivity contribution in [3.8, 4) is 0 Å². The minimum absolute atomic E-state index is 0.0861. The maximum Gasteiger partial charge on any atom is 0.233 e. The minimum Gasteiger partial charge on any atom is -0.444 e. The number of carbonyl (C=O) groups is 1. The van der Waals surface area contributed by atoms with E-state index < -0.39 is 0 Å². The molecule has 2 aliphatic heterocycles. The number of nitrogens with one attached hydrogen (secondary N) is 3. The van der Waals surface area contributed by atoms with Gasteiger partial charge >= 0.3 is 0 Å². The number of nitrogens with zero attached hydrogens (tertiary/aromatic N) is 4. The van der Waals surface area contributed by atoms with Crippen LogP contribution in [-0.2, 0) is 11.3 Å². The molecule has 1 aromatic rings. The monoisotopic (exact) mass is 447 g/mol. The first kappa shape index (κ1) is 24.5. The molecule has 2 aliphatic rings. The molecule has 1 amide bonds. The van der Waals surface area contributed by atoms with Crippen molar-refractivity contribution >= 4 is 11.9 Å². The standard InChI is InChI=1S/C23H41N7O2/c1-5-25-23(28-20-8-12-29(13-9-20)15-21(31)24-4)26-14-19-6-10-30(11-7-19)16-22-27-17(2)18(3)32-22/h19-20H,5-16H2,1-4H3,(H,24,31)(H2,25,26,28). The van der Waals surface area contributed by atoms with Gasteiger partial charge in [0.25, 0.3) is 0 Å². The molecule has 0 radical (unpaired) electrons. The van der Waals surface area contributed by atoms with Crippen molar-refractivity contribution in [2.24, 2.45) is 10.9 Å². The highest BCUT2D eigenvalue weighted by Gasteiger charge is 2.23. The van der Waals surface area contributed by atoms with Crippen LogP contribution in [0, 0.1) is 19.8 Å². The van der Waals surface area contributed by atoms with Crippen molar-refractivity contribution in [3.63, 3.8) is 0 Å². The molecule has 1 aromatic heterocycles. The van der Waals surface area contributed by atoms with Gasteiger partial charge in [-0.25, -0.2) is 4.98 Å². The highest BCUT2D eigenvalue weighted by molar-refractivity contribution is 5.80. The number of aromatic nitrogens is 1. The summed E-state index contributed by atoms with van der Waals surface area (Å²) < 4.78 is 5.74. The summed E-state index contributed by atoms with van der Waals surface area (Å²) in [5.74, 6) is 3.37. The van der Waals surface area contributed by atoms with Crippen LogP contribution in [0.4, 0.5) is 0 Å². The number of amides is 1. The van der Waals surface area contributed by atoms with E-state index in [1.54, 1.807) is 7.05 Å². The number of piperidine rings is 2. The summed E-state index contributed by atoms with van der Waals surface area (Å²) in [5.41, 5.74) is 0.991. The van der Waals surface area contributed by atoms with Crippen molar-refractivity contribution < 1.29 is 9.21 Å². The van der Waals surface area contributed by atoms with Gasteiger partial charge in [0.1, 0.15) is 5.76 Å². The number of hydrogen-bond donors (Lipinski definition) is 3. The average Bonchev–Trinajstić information content (AvgIpc) is 3.11. The molecule has 3 heterocycles. The van der Waals surface area contributed by atoms with Crippen LogP contribution in [0.25, 0.3) is 0 Å². The summed E-state index contributed by atoms with van der Waals surface area (Å²) in [6.07, 6.45) is 4.36. The van der Waals surface area contributed by atoms with Crippen LogP contribution in [0.3, 0.4) is 0 Å². The smallest absolute Gasteiger partial charge is 0.233 e. The molecular weight excluding hydrogens is 406 g/mol. The largest absolute Gasteiger partial charge is 0.444 e. The fourth-order valence-electron chi connectivity index (χ4n) is 4.38. The van der Waals surface area contributed by atoms with E-state index in [0.717, 1.165) is 94.8 Å². The maximum absolute atomic E-state index is 11.6. The maximum atomic E-state index is 11.6. The van der Waals surface area contributed by atoms with E-state index in [4.69, 9.17) is 9.41 Å². The summed E-state index contributed by atoms with van der Waals surface area (Å²) >= 11 is 0. The minimum atomic E-state index is 0.0861. The van der Waals surface area contributed by atoms with Gasteiger partial charge in [0, 0.05) is 39.3 Å². The zero-order valence-electron chi connectivity index (χ0n) is 20.2. The van der Waals surface area contributed by atoms with E-state index in [2.05, 4.69) is 37.7 Å². The van der Waals surface area contributed by atoms with Crippen LogP contribution in [0.1, 0.15) is 50.0 Å². The average molecular weight is 448 g/mol. The van der Waals surface area contributed by atoms with E-state index in [1.807, 2.05) is 13.8 Å². The molecular formula is C23H41N7O2. The second kappa shape index (κ2) is 12.2. The predicted molar refractivity (Wildman–Crippen MR) is 127 cm³/mol. The Hall–Kier alpha value is -2.13. The van der Waals surface area contributed by atoms with Gasteiger partial charge in [-0.3, -0.25) is 19.6 Å². The molecule has 3 rings (SSSR count). The molecule has 32 heavy (non-hydrogen) atoms. The van der Waals surface area contributed by atoms with Crippen molar-refractivity contribution in [2.45, 2.75) is 59.0 Å². The van der Waals surface area contributed by atoms with Crippen LogP contribution in [0.5, 0.6) is 0 Å². The Kier molecular flexibility index (Phi) is 9.35. The lowest BCUT2D eigenvalue weighted by Crippen LogP contribution is -2.50. The molecule has 2 saturated heterocycles. The molecule has 2 fully saturated rings. The molecule has 180 valence electrons. The topological polar surface area (TPSA) is 98.0 Å². The highest BCUT2D eigenvalue weighted by atomic mass is 16.4.